The van der Waals surface area contributed by atoms with Crippen LogP contribution in [0.4, 0.5) is 0 Å². The largest absolute Gasteiger partial charge is 0.416 e. The van der Waals surface area contributed by atoms with Crippen LogP contribution in [0.5, 0.6) is 0 Å². The van der Waals surface area contributed by atoms with E-state index in [0.29, 0.717) is 16.6 Å². The SMILES string of the molecule is CC#CC/C=C/C/C(=C\CO)CCO[Si](C(C)C)(C(C)C)C(C)C. The van der Waals surface area contributed by atoms with E-state index in [4.69, 9.17) is 4.43 Å². The highest BCUT2D eigenvalue weighted by Gasteiger charge is 2.44. The van der Waals surface area contributed by atoms with Crippen LogP contribution in [0.1, 0.15) is 67.7 Å². The van der Waals surface area contributed by atoms with Crippen LogP contribution in [0.25, 0.3) is 0 Å². The van der Waals surface area contributed by atoms with Gasteiger partial charge in [-0.1, -0.05) is 71.3 Å². The Morgan fingerprint density at radius 2 is 1.62 bits per heavy atom. The van der Waals surface area contributed by atoms with Crippen molar-refractivity contribution in [1.82, 2.24) is 0 Å². The first-order valence-electron chi connectivity index (χ1n) is 9.30. The van der Waals surface area contributed by atoms with Crippen LogP contribution in [0, 0.1) is 11.8 Å². The third kappa shape index (κ3) is 7.38. The second-order valence-electron chi connectivity index (χ2n) is 7.27. The predicted molar refractivity (Wildman–Crippen MR) is 109 cm³/mol. The Kier molecular flexibility index (Phi) is 12.1. The molecule has 0 heterocycles. The summed E-state index contributed by atoms with van der Waals surface area (Å²) in [7, 11) is -1.79. The second-order valence-corrected chi connectivity index (χ2v) is 12.7. The zero-order chi connectivity index (χ0) is 18.6. The highest BCUT2D eigenvalue weighted by molar-refractivity contribution is 6.77. The maximum Gasteiger partial charge on any atom is 0.200 e. The Morgan fingerprint density at radius 3 is 2.08 bits per heavy atom. The molecule has 3 heteroatoms. The molecule has 0 saturated heterocycles. The lowest BCUT2D eigenvalue weighted by molar-refractivity contribution is 0.279. The second kappa shape index (κ2) is 12.5. The first-order valence-corrected chi connectivity index (χ1v) is 11.4. The monoisotopic (exact) mass is 350 g/mol. The third-order valence-electron chi connectivity index (χ3n) is 4.81. The van der Waals surface area contributed by atoms with Crippen molar-refractivity contribution in [2.24, 2.45) is 0 Å². The first kappa shape index (κ1) is 23.2. The quantitative estimate of drug-likeness (QED) is 0.288. The van der Waals surface area contributed by atoms with Gasteiger partial charge >= 0.3 is 0 Å². The van der Waals surface area contributed by atoms with Crippen molar-refractivity contribution in [1.29, 1.82) is 0 Å². The van der Waals surface area contributed by atoms with Gasteiger partial charge in [0.2, 0.25) is 0 Å². The fraction of sp³-hybridized carbons (Fsp3) is 0.714. The lowest BCUT2D eigenvalue weighted by Crippen LogP contribution is -2.48. The van der Waals surface area contributed by atoms with Gasteiger partial charge in [-0.25, -0.2) is 0 Å². The number of allylic oxidation sites excluding steroid dienone is 2. The van der Waals surface area contributed by atoms with Crippen LogP contribution in [0.2, 0.25) is 16.6 Å². The lowest BCUT2D eigenvalue weighted by Gasteiger charge is -2.42. The summed E-state index contributed by atoms with van der Waals surface area (Å²) in [5.74, 6) is 5.92. The van der Waals surface area contributed by atoms with Gasteiger partial charge in [0.15, 0.2) is 8.32 Å². The van der Waals surface area contributed by atoms with Gasteiger partial charge in [0, 0.05) is 13.0 Å². The summed E-state index contributed by atoms with van der Waals surface area (Å²) in [6.07, 6.45) is 8.72. The maximum atomic E-state index is 9.25. The van der Waals surface area contributed by atoms with Crippen molar-refractivity contribution in [3.63, 3.8) is 0 Å². The lowest BCUT2D eigenvalue weighted by atomic mass is 10.1. The van der Waals surface area contributed by atoms with Gasteiger partial charge in [-0.05, 0) is 36.4 Å². The van der Waals surface area contributed by atoms with E-state index in [-0.39, 0.29) is 6.61 Å². The molecule has 0 spiro atoms. The summed E-state index contributed by atoms with van der Waals surface area (Å²) in [5.41, 5.74) is 3.07. The summed E-state index contributed by atoms with van der Waals surface area (Å²) in [6.45, 7) is 16.6. The Balaban J connectivity index is 4.76. The molecule has 0 amide bonds. The normalized spacial score (nSPS) is 13.2. The average Bonchev–Trinajstić information content (AvgIpc) is 2.49. The van der Waals surface area contributed by atoms with Gasteiger partial charge < -0.3 is 9.53 Å². The summed E-state index contributed by atoms with van der Waals surface area (Å²) in [4.78, 5) is 0. The fourth-order valence-electron chi connectivity index (χ4n) is 3.75. The highest BCUT2D eigenvalue weighted by Crippen LogP contribution is 2.42. The van der Waals surface area contributed by atoms with E-state index in [1.807, 2.05) is 13.0 Å². The van der Waals surface area contributed by atoms with E-state index in [1.165, 1.54) is 5.57 Å². The van der Waals surface area contributed by atoms with Gasteiger partial charge in [-0.2, -0.15) is 0 Å². The smallest absolute Gasteiger partial charge is 0.200 e. The van der Waals surface area contributed by atoms with Crippen LogP contribution < -0.4 is 0 Å². The molecule has 0 rings (SSSR count). The van der Waals surface area contributed by atoms with E-state index in [1.54, 1.807) is 0 Å². The van der Waals surface area contributed by atoms with Gasteiger partial charge in [-0.3, -0.25) is 0 Å². The van der Waals surface area contributed by atoms with Crippen LogP contribution in [-0.4, -0.2) is 26.6 Å². The highest BCUT2D eigenvalue weighted by atomic mass is 28.4. The van der Waals surface area contributed by atoms with Crippen LogP contribution in [0.15, 0.2) is 23.8 Å². The number of aliphatic hydroxyl groups is 1. The molecule has 0 aliphatic rings. The van der Waals surface area contributed by atoms with Crippen molar-refractivity contribution >= 4 is 8.32 Å². The van der Waals surface area contributed by atoms with Crippen LogP contribution in [0.3, 0.4) is 0 Å². The molecule has 0 aromatic rings. The first-order chi connectivity index (χ1) is 11.3. The Morgan fingerprint density at radius 1 is 1.04 bits per heavy atom. The molecule has 0 atom stereocenters. The minimum absolute atomic E-state index is 0.0963. The van der Waals surface area contributed by atoms with E-state index >= 15 is 0 Å². The number of hydrogen-bond acceptors (Lipinski definition) is 2. The molecule has 0 aromatic heterocycles. The summed E-state index contributed by atoms with van der Waals surface area (Å²) in [5, 5.41) is 9.25. The van der Waals surface area contributed by atoms with Crippen LogP contribution in [-0.2, 0) is 4.43 Å². The molecule has 0 saturated carbocycles. The number of aliphatic hydroxyl groups excluding tert-OH is 1. The standard InChI is InChI=1S/C21H38O2Si/c1-8-9-10-11-12-13-21(14-16-22)15-17-23-24(18(2)3,19(4)5)20(6)7/h11-12,14,18-20,22H,10,13,15-17H2,1-7H3/b12-11+,21-14+. The maximum absolute atomic E-state index is 9.25. The van der Waals surface area contributed by atoms with E-state index in [2.05, 4.69) is 65.5 Å². The van der Waals surface area contributed by atoms with Crippen molar-refractivity contribution in [2.45, 2.75) is 84.4 Å². The molecule has 0 aromatic carbocycles. The molecule has 138 valence electrons. The van der Waals surface area contributed by atoms with Crippen molar-refractivity contribution in [3.05, 3.63) is 23.8 Å². The van der Waals surface area contributed by atoms with Crippen molar-refractivity contribution < 1.29 is 9.53 Å². The Labute approximate surface area is 151 Å². The summed E-state index contributed by atoms with van der Waals surface area (Å²) >= 11 is 0. The molecule has 0 aliphatic heterocycles. The topological polar surface area (TPSA) is 29.5 Å². The van der Waals surface area contributed by atoms with Crippen molar-refractivity contribution in [3.8, 4) is 11.8 Å². The van der Waals surface area contributed by atoms with Crippen molar-refractivity contribution in [2.75, 3.05) is 13.2 Å². The summed E-state index contributed by atoms with van der Waals surface area (Å²) < 4.78 is 6.61. The van der Waals surface area contributed by atoms with Gasteiger partial charge in [0.25, 0.3) is 0 Å². The number of rotatable bonds is 11. The van der Waals surface area contributed by atoms with Crippen LogP contribution >= 0.6 is 0 Å². The Hall–Kier alpha value is -0.823. The van der Waals surface area contributed by atoms with Gasteiger partial charge in [0.05, 0.1) is 6.61 Å². The molecule has 0 radical (unpaired) electrons. The molecular weight excluding hydrogens is 312 g/mol. The molecule has 0 unspecified atom stereocenters. The van der Waals surface area contributed by atoms with Gasteiger partial charge in [-0.15, -0.1) is 5.92 Å². The number of hydrogen-bond donors (Lipinski definition) is 1. The predicted octanol–water partition coefficient (Wildman–Crippen LogP) is 5.85. The fourth-order valence-corrected chi connectivity index (χ4v) is 9.21. The Bertz CT molecular complexity index is 428. The molecular formula is C21H38O2Si. The molecule has 24 heavy (non-hydrogen) atoms. The molecule has 1 N–H and O–H groups in total. The zero-order valence-electron chi connectivity index (χ0n) is 16.9. The minimum atomic E-state index is -1.79. The molecule has 0 fully saturated rings. The molecule has 0 aliphatic carbocycles. The average molecular weight is 351 g/mol. The van der Waals surface area contributed by atoms with E-state index in [9.17, 15) is 5.11 Å². The molecule has 2 nitrogen and oxygen atoms in total. The summed E-state index contributed by atoms with van der Waals surface area (Å²) in [6, 6.07) is 0. The van der Waals surface area contributed by atoms with E-state index in [0.717, 1.165) is 25.9 Å². The minimum Gasteiger partial charge on any atom is -0.416 e. The molecule has 0 bridgehead atoms. The van der Waals surface area contributed by atoms with E-state index < -0.39 is 8.32 Å². The van der Waals surface area contributed by atoms with Gasteiger partial charge in [0.1, 0.15) is 0 Å². The third-order valence-corrected chi connectivity index (χ3v) is 10.9. The zero-order valence-corrected chi connectivity index (χ0v) is 17.9.